The van der Waals surface area contributed by atoms with E-state index in [9.17, 15) is 45.5 Å². The van der Waals surface area contributed by atoms with Crippen LogP contribution in [0.1, 0.15) is 36.4 Å². The lowest BCUT2D eigenvalue weighted by Crippen LogP contribution is -2.40. The number of aliphatic carboxylic acids is 2. The highest BCUT2D eigenvalue weighted by Crippen LogP contribution is 2.31. The molecule has 12 nitrogen and oxygen atoms in total. The lowest BCUT2D eigenvalue weighted by molar-refractivity contribution is -0.165. The molecule has 1 heterocycles. The number of aliphatic hydroxyl groups excluding tert-OH is 2. The highest BCUT2D eigenvalue weighted by molar-refractivity contribution is 5.83. The number of rotatable bonds is 16. The summed E-state index contributed by atoms with van der Waals surface area (Å²) in [5.41, 5.74) is 0.751. The summed E-state index contributed by atoms with van der Waals surface area (Å²) in [6, 6.07) is 20.2. The van der Waals surface area contributed by atoms with E-state index in [0.717, 1.165) is 36.9 Å². The molecule has 1 amide bonds. The standard InChI is InChI=1S/C38H36F6N4O2.C4H6O6/c1-3-46(4-2)21-22-47(23-25-9-11-26(12-10-25)27-13-15-28(16-14-27)38(42,43)44)35(49)24-48-33-8-6-5-7-30(33)37(50)45-34(48)20-17-29-31(39)18-19-32(40)36(29)41;5-1(3(7)8)2(6)4(9)10/h5-16,18-19H,3-4,17,20-24H2,1-2H3;1-2,5-6H,(H,7,8)(H,9,10). The zero-order chi connectivity index (χ0) is 44.3. The number of aliphatic hydroxyl groups is 2. The van der Waals surface area contributed by atoms with Gasteiger partial charge < -0.3 is 34.8 Å². The quantitative estimate of drug-likeness (QED) is 0.0731. The molecule has 2 unspecified atom stereocenters. The number of amides is 1. The second-order valence-electron chi connectivity index (χ2n) is 13.4. The smallest absolute Gasteiger partial charge is 0.416 e. The predicted octanol–water partition coefficient (Wildman–Crippen LogP) is 5.53. The molecule has 0 aliphatic carbocycles. The van der Waals surface area contributed by atoms with Crippen LogP contribution in [0.15, 0.2) is 89.7 Å². The Morgan fingerprint density at radius 1 is 0.750 bits per heavy atom. The number of likely N-dealkylation sites (N-methyl/N-ethyl adjacent to an activating group) is 1. The number of alkyl halides is 3. The average Bonchev–Trinajstić information content (AvgIpc) is 3.22. The van der Waals surface area contributed by atoms with Crippen molar-refractivity contribution in [3.05, 3.63) is 135 Å². The van der Waals surface area contributed by atoms with E-state index < -0.39 is 64.5 Å². The Kier molecular flexibility index (Phi) is 16.1. The monoisotopic (exact) mass is 844 g/mol. The first kappa shape index (κ1) is 46.6. The lowest BCUT2D eigenvalue weighted by Gasteiger charge is -2.28. The molecule has 0 radical (unpaired) electrons. The first-order valence-corrected chi connectivity index (χ1v) is 18.5. The molecule has 0 aliphatic heterocycles. The summed E-state index contributed by atoms with van der Waals surface area (Å²) in [6.45, 7) is 6.50. The highest BCUT2D eigenvalue weighted by Gasteiger charge is 2.30. The van der Waals surface area contributed by atoms with Crippen molar-refractivity contribution in [3.63, 3.8) is 0 Å². The van der Waals surface area contributed by atoms with E-state index in [0.29, 0.717) is 35.8 Å². The summed E-state index contributed by atoms with van der Waals surface area (Å²) in [7, 11) is 0. The second-order valence-corrected chi connectivity index (χ2v) is 13.4. The van der Waals surface area contributed by atoms with Crippen molar-refractivity contribution in [2.45, 2.75) is 58.2 Å². The van der Waals surface area contributed by atoms with Crippen molar-refractivity contribution in [1.82, 2.24) is 19.4 Å². The number of carbonyl (C=O) groups excluding carboxylic acids is 1. The molecule has 0 spiro atoms. The van der Waals surface area contributed by atoms with E-state index in [-0.39, 0.29) is 43.0 Å². The molecule has 5 aromatic rings. The van der Waals surface area contributed by atoms with E-state index in [2.05, 4.69) is 9.88 Å². The average molecular weight is 845 g/mol. The van der Waals surface area contributed by atoms with E-state index >= 15 is 0 Å². The zero-order valence-corrected chi connectivity index (χ0v) is 32.4. The van der Waals surface area contributed by atoms with Gasteiger partial charge in [-0.05, 0) is 72.6 Å². The van der Waals surface area contributed by atoms with Crippen LogP contribution in [0.25, 0.3) is 22.0 Å². The molecule has 4 N–H and O–H groups in total. The fourth-order valence-corrected chi connectivity index (χ4v) is 6.14. The number of carbonyl (C=O) groups is 3. The van der Waals surface area contributed by atoms with Gasteiger partial charge in [-0.3, -0.25) is 9.59 Å². The maximum Gasteiger partial charge on any atom is 0.416 e. The fraction of sp³-hybridized carbons (Fsp3) is 0.310. The van der Waals surface area contributed by atoms with Crippen LogP contribution in [0.5, 0.6) is 0 Å². The van der Waals surface area contributed by atoms with Gasteiger partial charge in [-0.2, -0.15) is 18.2 Å². The van der Waals surface area contributed by atoms with E-state index in [1.165, 1.54) is 12.1 Å². The summed E-state index contributed by atoms with van der Waals surface area (Å²) in [5, 5.41) is 32.8. The number of nitrogens with zero attached hydrogens (tertiary/aromatic N) is 4. The minimum atomic E-state index is -4.43. The Balaban J connectivity index is 0.000000703. The van der Waals surface area contributed by atoms with Gasteiger partial charge in [0.1, 0.15) is 18.2 Å². The summed E-state index contributed by atoms with van der Waals surface area (Å²) in [5.74, 6) is -7.16. The third-order valence-corrected chi connectivity index (χ3v) is 9.61. The van der Waals surface area contributed by atoms with E-state index in [1.54, 1.807) is 45.9 Å². The van der Waals surface area contributed by atoms with E-state index in [1.807, 2.05) is 26.0 Å². The van der Waals surface area contributed by atoms with Gasteiger partial charge in [-0.15, -0.1) is 0 Å². The number of para-hydroxylation sites is 1. The topological polar surface area (TPSA) is 174 Å². The third-order valence-electron chi connectivity index (χ3n) is 9.61. The SMILES string of the molecule is CCN(CC)CCN(Cc1ccc(-c2ccc(C(F)(F)F)cc2)cc1)C(=O)Cn1c(CCc2c(F)ccc(F)c2F)nc(=O)c2ccccc21.O=C(O)C(O)C(O)C(=O)O. The Morgan fingerprint density at radius 2 is 1.30 bits per heavy atom. The van der Waals surface area contributed by atoms with Crippen LogP contribution in [0.3, 0.4) is 0 Å². The van der Waals surface area contributed by atoms with Gasteiger partial charge in [0.2, 0.25) is 5.91 Å². The zero-order valence-electron chi connectivity index (χ0n) is 32.4. The van der Waals surface area contributed by atoms with Crippen molar-refractivity contribution in [3.8, 4) is 11.1 Å². The number of fused-ring (bicyclic) bond motifs is 1. The van der Waals surface area contributed by atoms with Crippen molar-refractivity contribution >= 4 is 28.7 Å². The highest BCUT2D eigenvalue weighted by atomic mass is 19.4. The van der Waals surface area contributed by atoms with Gasteiger partial charge in [0.15, 0.2) is 23.8 Å². The lowest BCUT2D eigenvalue weighted by atomic mass is 10.0. The van der Waals surface area contributed by atoms with Gasteiger partial charge >= 0.3 is 18.1 Å². The van der Waals surface area contributed by atoms with Crippen molar-refractivity contribution in [2.24, 2.45) is 0 Å². The number of carboxylic acids is 2. The van der Waals surface area contributed by atoms with E-state index in [4.69, 9.17) is 20.4 Å². The number of carboxylic acid groups (broad SMARTS) is 2. The summed E-state index contributed by atoms with van der Waals surface area (Å²) >= 11 is 0. The van der Waals surface area contributed by atoms with Crippen molar-refractivity contribution in [2.75, 3.05) is 26.2 Å². The first-order chi connectivity index (χ1) is 28.4. The summed E-state index contributed by atoms with van der Waals surface area (Å²) in [4.78, 5) is 54.7. The molecule has 320 valence electrons. The van der Waals surface area contributed by atoms with Crippen molar-refractivity contribution in [1.29, 1.82) is 0 Å². The Hall–Kier alpha value is -6.11. The number of aromatic nitrogens is 2. The molecule has 60 heavy (non-hydrogen) atoms. The molecule has 2 atom stereocenters. The molecular weight excluding hydrogens is 802 g/mol. The maximum absolute atomic E-state index is 14.5. The largest absolute Gasteiger partial charge is 0.479 e. The van der Waals surface area contributed by atoms with Crippen LogP contribution < -0.4 is 5.56 Å². The fourth-order valence-electron chi connectivity index (χ4n) is 6.14. The Bertz CT molecular complexity index is 2320. The molecule has 0 fully saturated rings. The minimum absolute atomic E-state index is 0.120. The van der Waals surface area contributed by atoms with Crippen LogP contribution in [-0.4, -0.2) is 96.0 Å². The molecule has 5 rings (SSSR count). The number of halogens is 6. The minimum Gasteiger partial charge on any atom is -0.479 e. The second kappa shape index (κ2) is 20.7. The van der Waals surface area contributed by atoms with Crippen LogP contribution >= 0.6 is 0 Å². The van der Waals surface area contributed by atoms with Gasteiger partial charge in [-0.25, -0.2) is 22.8 Å². The normalized spacial score (nSPS) is 12.4. The van der Waals surface area contributed by atoms with Gasteiger partial charge in [0, 0.05) is 31.6 Å². The molecule has 1 aromatic heterocycles. The molecule has 0 aliphatic rings. The van der Waals surface area contributed by atoms with Gasteiger partial charge in [-0.1, -0.05) is 62.4 Å². The van der Waals surface area contributed by atoms with Gasteiger partial charge in [0.05, 0.1) is 16.5 Å². The number of hydrogen-bond donors (Lipinski definition) is 4. The van der Waals surface area contributed by atoms with Crippen LogP contribution in [-0.2, 0) is 46.5 Å². The van der Waals surface area contributed by atoms with Crippen LogP contribution in [0.2, 0.25) is 0 Å². The molecular formula is C42H42F6N4O8. The third kappa shape index (κ3) is 12.0. The molecule has 0 bridgehead atoms. The van der Waals surface area contributed by atoms with Crippen molar-refractivity contribution < 1.29 is 61.2 Å². The first-order valence-electron chi connectivity index (χ1n) is 18.5. The molecule has 0 saturated heterocycles. The maximum atomic E-state index is 14.5. The number of aryl methyl sites for hydroxylation is 1. The predicted molar refractivity (Wildman–Crippen MR) is 207 cm³/mol. The Labute approximate surface area is 339 Å². The number of hydrogen-bond acceptors (Lipinski definition) is 8. The molecule has 0 saturated carbocycles. The van der Waals surface area contributed by atoms with Crippen LogP contribution in [0.4, 0.5) is 26.3 Å². The van der Waals surface area contributed by atoms with Gasteiger partial charge in [0.25, 0.3) is 5.56 Å². The summed E-state index contributed by atoms with van der Waals surface area (Å²) in [6.07, 6.45) is -9.41. The Morgan fingerprint density at radius 3 is 1.85 bits per heavy atom. The molecule has 18 heteroatoms. The van der Waals surface area contributed by atoms with Crippen LogP contribution in [0, 0.1) is 17.5 Å². The number of benzene rings is 4. The molecule has 4 aromatic carbocycles. The summed E-state index contributed by atoms with van der Waals surface area (Å²) < 4.78 is 83.5.